The fourth-order valence-corrected chi connectivity index (χ4v) is 2.73. The van der Waals surface area contributed by atoms with Gasteiger partial charge in [-0.25, -0.2) is 0 Å². The number of hydrogen-bond acceptors (Lipinski definition) is 7. The third-order valence-corrected chi connectivity index (χ3v) is 4.02. The Morgan fingerprint density at radius 2 is 2.21 bits per heavy atom. The van der Waals surface area contributed by atoms with Crippen molar-refractivity contribution in [2.75, 3.05) is 31.2 Å². The fraction of sp³-hybridized carbons (Fsp3) is 0.312. The number of aromatic nitrogens is 2. The molecular formula is C16H15ClN4O3. The first-order valence-corrected chi connectivity index (χ1v) is 7.74. The molecule has 0 spiro atoms. The van der Waals surface area contributed by atoms with E-state index in [2.05, 4.69) is 16.3 Å². The Hall–Kier alpha value is -2.40. The summed E-state index contributed by atoms with van der Waals surface area (Å²) in [5, 5.41) is 37.4. The van der Waals surface area contributed by atoms with Crippen LogP contribution in [0.4, 0.5) is 5.82 Å². The highest BCUT2D eigenvalue weighted by Gasteiger charge is 2.22. The number of ether oxygens (including phenoxy) is 1. The molecule has 0 saturated carbocycles. The molecule has 1 fully saturated rings. The van der Waals surface area contributed by atoms with Crippen molar-refractivity contribution in [3.8, 4) is 23.1 Å². The molecule has 2 heterocycles. The minimum atomic E-state index is -0.286. The molecule has 1 aliphatic rings. The van der Waals surface area contributed by atoms with Gasteiger partial charge in [-0.05, 0) is 18.2 Å². The van der Waals surface area contributed by atoms with E-state index < -0.39 is 0 Å². The second-order valence-electron chi connectivity index (χ2n) is 5.36. The Bertz CT molecular complexity index is 793. The number of morpholine rings is 1. The van der Waals surface area contributed by atoms with Crippen LogP contribution in [0.15, 0.2) is 24.3 Å². The molecular weight excluding hydrogens is 332 g/mol. The van der Waals surface area contributed by atoms with Crippen LogP contribution in [-0.4, -0.2) is 52.8 Å². The van der Waals surface area contributed by atoms with E-state index in [1.165, 1.54) is 6.07 Å². The van der Waals surface area contributed by atoms with Gasteiger partial charge in [0.2, 0.25) is 0 Å². The fourth-order valence-electron chi connectivity index (χ4n) is 2.56. The minimum absolute atomic E-state index is 0.0623. The standard InChI is InChI=1S/C16H15ClN4O3/c17-11-1-2-13(14(23)6-11)16-10(7-18)5-15(19-20-16)21-3-4-24-12(8-21)9-22/h1-2,5-6,12,22-23H,3-4,8-9H2/t12-/m0/s1. The van der Waals surface area contributed by atoms with Crippen molar-refractivity contribution < 1.29 is 14.9 Å². The predicted molar refractivity (Wildman–Crippen MR) is 87.9 cm³/mol. The zero-order chi connectivity index (χ0) is 17.1. The molecule has 1 atom stereocenters. The van der Waals surface area contributed by atoms with E-state index in [-0.39, 0.29) is 18.5 Å². The number of aromatic hydroxyl groups is 1. The molecule has 0 aliphatic carbocycles. The summed E-state index contributed by atoms with van der Waals surface area (Å²) in [5.74, 6) is 0.471. The van der Waals surface area contributed by atoms with Gasteiger partial charge in [-0.1, -0.05) is 11.6 Å². The maximum absolute atomic E-state index is 10.0. The predicted octanol–water partition coefficient (Wildman–Crippen LogP) is 1.57. The van der Waals surface area contributed by atoms with Crippen molar-refractivity contribution in [1.82, 2.24) is 10.2 Å². The van der Waals surface area contributed by atoms with E-state index in [0.29, 0.717) is 47.4 Å². The van der Waals surface area contributed by atoms with E-state index in [9.17, 15) is 15.5 Å². The lowest BCUT2D eigenvalue weighted by Gasteiger charge is -2.32. The molecule has 7 nitrogen and oxygen atoms in total. The first kappa shape index (κ1) is 16.5. The normalized spacial score (nSPS) is 17.5. The van der Waals surface area contributed by atoms with Crippen molar-refractivity contribution in [3.05, 3.63) is 34.9 Å². The lowest BCUT2D eigenvalue weighted by molar-refractivity contribution is 0.00332. The number of nitrogens with zero attached hydrogens (tertiary/aromatic N) is 4. The highest BCUT2D eigenvalue weighted by molar-refractivity contribution is 6.30. The zero-order valence-electron chi connectivity index (χ0n) is 12.7. The van der Waals surface area contributed by atoms with Gasteiger partial charge < -0.3 is 19.8 Å². The summed E-state index contributed by atoms with van der Waals surface area (Å²) >= 11 is 5.83. The van der Waals surface area contributed by atoms with Gasteiger partial charge in [-0.2, -0.15) is 5.26 Å². The van der Waals surface area contributed by atoms with Gasteiger partial charge in [0.15, 0.2) is 5.82 Å². The number of aliphatic hydroxyl groups excluding tert-OH is 1. The van der Waals surface area contributed by atoms with Crippen LogP contribution < -0.4 is 4.90 Å². The monoisotopic (exact) mass is 346 g/mol. The van der Waals surface area contributed by atoms with Gasteiger partial charge in [0.1, 0.15) is 17.5 Å². The summed E-state index contributed by atoms with van der Waals surface area (Å²) in [6, 6.07) is 8.31. The van der Waals surface area contributed by atoms with Gasteiger partial charge in [0.25, 0.3) is 0 Å². The second-order valence-corrected chi connectivity index (χ2v) is 5.80. The van der Waals surface area contributed by atoms with Crippen LogP contribution in [0.5, 0.6) is 5.75 Å². The number of benzene rings is 1. The number of anilines is 1. The van der Waals surface area contributed by atoms with Crippen molar-refractivity contribution in [1.29, 1.82) is 5.26 Å². The van der Waals surface area contributed by atoms with Crippen LogP contribution in [0.25, 0.3) is 11.3 Å². The Morgan fingerprint density at radius 3 is 2.92 bits per heavy atom. The van der Waals surface area contributed by atoms with Crippen LogP contribution in [-0.2, 0) is 4.74 Å². The van der Waals surface area contributed by atoms with Gasteiger partial charge >= 0.3 is 0 Å². The lowest BCUT2D eigenvalue weighted by atomic mass is 10.1. The SMILES string of the molecule is N#Cc1cc(N2CCO[C@H](CO)C2)nnc1-c1ccc(Cl)cc1O. The Kier molecular flexibility index (Phi) is 4.81. The van der Waals surface area contributed by atoms with Crippen LogP contribution in [0.1, 0.15) is 5.56 Å². The molecule has 0 unspecified atom stereocenters. The van der Waals surface area contributed by atoms with Gasteiger partial charge in [0, 0.05) is 29.7 Å². The minimum Gasteiger partial charge on any atom is -0.507 e. The average Bonchev–Trinajstić information content (AvgIpc) is 2.61. The molecule has 1 aromatic carbocycles. The van der Waals surface area contributed by atoms with E-state index in [1.54, 1.807) is 18.2 Å². The van der Waals surface area contributed by atoms with Crippen LogP contribution in [0.2, 0.25) is 5.02 Å². The number of hydrogen-bond donors (Lipinski definition) is 2. The Balaban J connectivity index is 1.95. The third-order valence-electron chi connectivity index (χ3n) is 3.78. The van der Waals surface area contributed by atoms with Crippen LogP contribution in [0, 0.1) is 11.3 Å². The molecule has 24 heavy (non-hydrogen) atoms. The van der Waals surface area contributed by atoms with Crippen molar-refractivity contribution in [3.63, 3.8) is 0 Å². The summed E-state index contributed by atoms with van der Waals surface area (Å²) in [6.07, 6.45) is -0.286. The quantitative estimate of drug-likeness (QED) is 0.869. The molecule has 0 bridgehead atoms. The molecule has 0 amide bonds. The molecule has 124 valence electrons. The number of phenols is 1. The summed E-state index contributed by atoms with van der Waals surface area (Å²) in [4.78, 5) is 1.91. The number of phenolic OH excluding ortho intramolecular Hbond substituents is 1. The molecule has 2 N–H and O–H groups in total. The third kappa shape index (κ3) is 3.26. The summed E-state index contributed by atoms with van der Waals surface area (Å²) in [6.45, 7) is 1.46. The van der Waals surface area contributed by atoms with E-state index in [0.717, 1.165) is 0 Å². The molecule has 8 heteroatoms. The first-order valence-electron chi connectivity index (χ1n) is 7.36. The Labute approximate surface area is 143 Å². The van der Waals surface area contributed by atoms with Crippen LogP contribution in [0.3, 0.4) is 0 Å². The van der Waals surface area contributed by atoms with Crippen molar-refractivity contribution in [2.45, 2.75) is 6.10 Å². The van der Waals surface area contributed by atoms with Gasteiger partial charge in [-0.3, -0.25) is 0 Å². The summed E-state index contributed by atoms with van der Waals surface area (Å²) in [5.41, 5.74) is 0.984. The molecule has 1 aromatic heterocycles. The number of nitriles is 1. The van der Waals surface area contributed by atoms with E-state index >= 15 is 0 Å². The zero-order valence-corrected chi connectivity index (χ0v) is 13.4. The Morgan fingerprint density at radius 1 is 1.38 bits per heavy atom. The second kappa shape index (κ2) is 7.01. The first-order chi connectivity index (χ1) is 11.6. The van der Waals surface area contributed by atoms with Gasteiger partial charge in [0.05, 0.1) is 24.9 Å². The van der Waals surface area contributed by atoms with E-state index in [1.807, 2.05) is 4.90 Å². The molecule has 1 aliphatic heterocycles. The maximum Gasteiger partial charge on any atom is 0.152 e. The maximum atomic E-state index is 10.0. The van der Waals surface area contributed by atoms with Crippen molar-refractivity contribution in [2.24, 2.45) is 0 Å². The number of rotatable bonds is 3. The van der Waals surface area contributed by atoms with Gasteiger partial charge in [-0.15, -0.1) is 10.2 Å². The molecule has 2 aromatic rings. The molecule has 1 saturated heterocycles. The lowest BCUT2D eigenvalue weighted by Crippen LogP contribution is -2.44. The number of halogens is 1. The van der Waals surface area contributed by atoms with Crippen LogP contribution >= 0.6 is 11.6 Å². The average molecular weight is 347 g/mol. The highest BCUT2D eigenvalue weighted by Crippen LogP contribution is 2.32. The topological polar surface area (TPSA) is 103 Å². The molecule has 3 rings (SSSR count). The summed E-state index contributed by atoms with van der Waals surface area (Å²) < 4.78 is 5.40. The molecule has 0 radical (unpaired) electrons. The van der Waals surface area contributed by atoms with E-state index in [4.69, 9.17) is 16.3 Å². The summed E-state index contributed by atoms with van der Waals surface area (Å²) in [7, 11) is 0. The van der Waals surface area contributed by atoms with Crippen molar-refractivity contribution >= 4 is 17.4 Å². The highest BCUT2D eigenvalue weighted by atomic mass is 35.5. The number of aliphatic hydroxyl groups is 1. The smallest absolute Gasteiger partial charge is 0.152 e. The largest absolute Gasteiger partial charge is 0.507 e.